The minimum atomic E-state index is 0.753. The minimum Gasteiger partial charge on any atom is -0.369 e. The Morgan fingerprint density at radius 2 is 2.67 bits per heavy atom. The summed E-state index contributed by atoms with van der Waals surface area (Å²) in [6.45, 7) is 2.58. The molecule has 1 aromatic heterocycles. The van der Waals surface area contributed by atoms with Crippen molar-refractivity contribution in [3.05, 3.63) is 18.2 Å². The van der Waals surface area contributed by atoms with Gasteiger partial charge in [-0.1, -0.05) is 0 Å². The maximum Gasteiger partial charge on any atom is 0.241 e. The lowest BCUT2D eigenvalue weighted by molar-refractivity contribution is -0.715. The Morgan fingerprint density at radius 1 is 1.67 bits per heavy atom. The van der Waals surface area contributed by atoms with Gasteiger partial charge in [0.25, 0.3) is 0 Å². The Kier molecular flexibility index (Phi) is 1.02. The third kappa shape index (κ3) is 0.733. The smallest absolute Gasteiger partial charge is 0.241 e. The molecule has 0 aromatic carbocycles. The van der Waals surface area contributed by atoms with Crippen LogP contribution >= 0.6 is 0 Å². The van der Waals surface area contributed by atoms with Gasteiger partial charge < -0.3 is 4.74 Å². The molecule has 1 aliphatic heterocycles. The summed E-state index contributed by atoms with van der Waals surface area (Å²) >= 11 is 0. The maximum absolute atomic E-state index is 5.21. The van der Waals surface area contributed by atoms with Crippen LogP contribution in [0.15, 0.2) is 12.5 Å². The second kappa shape index (κ2) is 1.84. The van der Waals surface area contributed by atoms with Gasteiger partial charge in [-0.25, -0.2) is 9.55 Å². The number of aromatic amines is 1. The van der Waals surface area contributed by atoms with E-state index in [1.807, 2.05) is 12.5 Å². The summed E-state index contributed by atoms with van der Waals surface area (Å²) in [4.78, 5) is 3.02. The van der Waals surface area contributed by atoms with Gasteiger partial charge in [-0.3, -0.25) is 0 Å². The highest BCUT2D eigenvalue weighted by atomic mass is 16.5. The molecule has 48 valence electrons. The van der Waals surface area contributed by atoms with Crippen molar-refractivity contribution in [2.75, 3.05) is 6.61 Å². The van der Waals surface area contributed by atoms with Crippen LogP contribution in [0.2, 0.25) is 0 Å². The number of hydrogen-bond acceptors (Lipinski definition) is 1. The molecular formula is C6H9N2O+. The zero-order chi connectivity index (χ0) is 6.10. The van der Waals surface area contributed by atoms with Crippen LogP contribution in [0, 0.1) is 0 Å². The number of ether oxygens (including phenoxy) is 1. The molecule has 3 nitrogen and oxygen atoms in total. The average molecular weight is 125 g/mol. The monoisotopic (exact) mass is 125 g/mol. The molecule has 1 N–H and O–H groups in total. The van der Waals surface area contributed by atoms with Gasteiger partial charge in [0.1, 0.15) is 19.3 Å². The van der Waals surface area contributed by atoms with E-state index in [9.17, 15) is 0 Å². The van der Waals surface area contributed by atoms with Gasteiger partial charge >= 0.3 is 0 Å². The number of imidazole rings is 1. The maximum atomic E-state index is 5.21. The van der Waals surface area contributed by atoms with Gasteiger partial charge in [0.15, 0.2) is 5.69 Å². The van der Waals surface area contributed by atoms with Crippen LogP contribution < -0.4 is 4.57 Å². The molecule has 0 atom stereocenters. The van der Waals surface area contributed by atoms with Crippen LogP contribution in [0.3, 0.4) is 0 Å². The first-order chi connectivity index (χ1) is 4.47. The highest BCUT2D eigenvalue weighted by molar-refractivity contribution is 4.83. The molecule has 0 amide bonds. The molecule has 1 aliphatic rings. The number of nitrogens with one attached hydrogen (secondary N) is 1. The normalized spacial score (nSPS) is 17.3. The van der Waals surface area contributed by atoms with Crippen molar-refractivity contribution in [3.63, 3.8) is 0 Å². The largest absolute Gasteiger partial charge is 0.369 e. The van der Waals surface area contributed by atoms with E-state index in [-0.39, 0.29) is 0 Å². The van der Waals surface area contributed by atoms with Gasteiger partial charge in [0, 0.05) is 0 Å². The predicted octanol–water partition coefficient (Wildman–Crippen LogP) is -0.168. The van der Waals surface area contributed by atoms with E-state index in [2.05, 4.69) is 9.55 Å². The number of H-pyrrole nitrogens is 1. The van der Waals surface area contributed by atoms with Crippen LogP contribution in [0.5, 0.6) is 0 Å². The van der Waals surface area contributed by atoms with E-state index < -0.39 is 0 Å². The molecule has 9 heavy (non-hydrogen) atoms. The van der Waals surface area contributed by atoms with Crippen LogP contribution in [0.4, 0.5) is 0 Å². The van der Waals surface area contributed by atoms with E-state index in [1.165, 1.54) is 5.69 Å². The number of aromatic nitrogens is 2. The summed E-state index contributed by atoms with van der Waals surface area (Å²) in [7, 11) is 0. The van der Waals surface area contributed by atoms with Crippen molar-refractivity contribution in [1.29, 1.82) is 0 Å². The fourth-order valence-electron chi connectivity index (χ4n) is 1.06. The zero-order valence-electron chi connectivity index (χ0n) is 5.13. The van der Waals surface area contributed by atoms with Crippen molar-refractivity contribution in [1.82, 2.24) is 4.98 Å². The quantitative estimate of drug-likeness (QED) is 0.479. The Bertz CT molecular complexity index is 186. The molecule has 2 heterocycles. The number of rotatable bonds is 0. The number of nitrogens with zero attached hydrogens (tertiary/aromatic N) is 1. The second-order valence-corrected chi connectivity index (χ2v) is 2.18. The molecular weight excluding hydrogens is 116 g/mol. The number of hydrogen-bond donors (Lipinski definition) is 1. The molecule has 0 spiro atoms. The van der Waals surface area contributed by atoms with E-state index in [1.54, 1.807) is 0 Å². The highest BCUT2D eigenvalue weighted by Gasteiger charge is 2.12. The Labute approximate surface area is 53.3 Å². The minimum absolute atomic E-state index is 0.753. The molecule has 0 fully saturated rings. The zero-order valence-corrected chi connectivity index (χ0v) is 5.13. The van der Waals surface area contributed by atoms with Crippen molar-refractivity contribution in [2.45, 2.75) is 13.2 Å². The van der Waals surface area contributed by atoms with E-state index in [0.29, 0.717) is 0 Å². The lowest BCUT2D eigenvalue weighted by atomic mass is 10.4. The standard InChI is InChI=1S/C6H8N2O/c1-2-9-4-6-3-7-5-8(1)6/h3,5H,1-2,4H2/p+1. The van der Waals surface area contributed by atoms with Gasteiger partial charge in [-0.15, -0.1) is 0 Å². The lowest BCUT2D eigenvalue weighted by Crippen LogP contribution is -2.41. The third-order valence-corrected chi connectivity index (χ3v) is 1.58. The molecule has 0 saturated heterocycles. The van der Waals surface area contributed by atoms with Crippen molar-refractivity contribution in [2.24, 2.45) is 0 Å². The first-order valence-corrected chi connectivity index (χ1v) is 3.09. The number of fused-ring (bicyclic) bond motifs is 1. The molecule has 2 rings (SSSR count). The molecule has 3 heteroatoms. The predicted molar refractivity (Wildman–Crippen MR) is 30.6 cm³/mol. The fraction of sp³-hybridized carbons (Fsp3) is 0.500. The van der Waals surface area contributed by atoms with Gasteiger partial charge in [-0.05, 0) is 0 Å². The highest BCUT2D eigenvalue weighted by Crippen LogP contribution is 1.97. The van der Waals surface area contributed by atoms with Crippen molar-refractivity contribution in [3.8, 4) is 0 Å². The van der Waals surface area contributed by atoms with Crippen LogP contribution in [-0.4, -0.2) is 11.6 Å². The summed E-state index contributed by atoms with van der Waals surface area (Å²) < 4.78 is 7.38. The van der Waals surface area contributed by atoms with Crippen LogP contribution in [-0.2, 0) is 17.9 Å². The summed E-state index contributed by atoms with van der Waals surface area (Å²) in [5.74, 6) is 0. The van der Waals surface area contributed by atoms with Gasteiger partial charge in [0.2, 0.25) is 6.33 Å². The summed E-state index contributed by atoms with van der Waals surface area (Å²) in [6, 6.07) is 0. The summed E-state index contributed by atoms with van der Waals surface area (Å²) in [5.41, 5.74) is 1.24. The van der Waals surface area contributed by atoms with Crippen LogP contribution in [0.1, 0.15) is 5.69 Å². The topological polar surface area (TPSA) is 28.9 Å². The average Bonchev–Trinajstić information content (AvgIpc) is 2.33. The van der Waals surface area contributed by atoms with E-state index in [4.69, 9.17) is 4.74 Å². The Hall–Kier alpha value is -0.830. The molecule has 0 saturated carbocycles. The molecule has 1 aromatic rings. The third-order valence-electron chi connectivity index (χ3n) is 1.58. The van der Waals surface area contributed by atoms with E-state index >= 15 is 0 Å². The second-order valence-electron chi connectivity index (χ2n) is 2.18. The van der Waals surface area contributed by atoms with Crippen LogP contribution in [0.25, 0.3) is 0 Å². The molecule has 0 radical (unpaired) electrons. The first-order valence-electron chi connectivity index (χ1n) is 3.09. The Balaban J connectivity index is 2.39. The van der Waals surface area contributed by atoms with Gasteiger partial charge in [-0.2, -0.15) is 0 Å². The fourth-order valence-corrected chi connectivity index (χ4v) is 1.06. The summed E-state index contributed by atoms with van der Waals surface area (Å²) in [5, 5.41) is 0. The Morgan fingerprint density at radius 3 is 3.56 bits per heavy atom. The van der Waals surface area contributed by atoms with Crippen molar-refractivity contribution >= 4 is 0 Å². The molecule has 0 bridgehead atoms. The molecule has 0 unspecified atom stereocenters. The van der Waals surface area contributed by atoms with E-state index in [0.717, 1.165) is 19.8 Å². The summed E-state index contributed by atoms with van der Waals surface area (Å²) in [6.07, 6.45) is 3.94. The lowest BCUT2D eigenvalue weighted by Gasteiger charge is -2.07. The molecule has 0 aliphatic carbocycles. The van der Waals surface area contributed by atoms with Crippen molar-refractivity contribution < 1.29 is 9.30 Å². The van der Waals surface area contributed by atoms with Gasteiger partial charge in [0.05, 0.1) is 6.61 Å². The SMILES string of the molecule is c1[nH]c[n+]2c1COCC2. The first kappa shape index (κ1) is 4.99.